The molecule has 0 saturated heterocycles. The predicted molar refractivity (Wildman–Crippen MR) is 68.6 cm³/mol. The van der Waals surface area contributed by atoms with Gasteiger partial charge in [-0.1, -0.05) is 0 Å². The summed E-state index contributed by atoms with van der Waals surface area (Å²) >= 11 is -0.783. The fourth-order valence-corrected chi connectivity index (χ4v) is 3.68. The number of hydrogen-bond acceptors (Lipinski definition) is 2. The molecule has 0 amide bonds. The van der Waals surface area contributed by atoms with Gasteiger partial charge >= 0.3 is 111 Å². The molecular formula is C14H12O2Sn. The quantitative estimate of drug-likeness (QED) is 0.631. The second-order valence-electron chi connectivity index (χ2n) is 3.48. The summed E-state index contributed by atoms with van der Waals surface area (Å²) in [5.41, 5.74) is 0.625. The number of rotatable bonds is 4. The predicted octanol–water partition coefficient (Wildman–Crippen LogP) is 1.83. The summed E-state index contributed by atoms with van der Waals surface area (Å²) < 4.78 is 7.20. The molecular weight excluding hydrogens is 319 g/mol. The van der Waals surface area contributed by atoms with E-state index in [1.807, 2.05) is 36.4 Å². The number of esters is 1. The minimum absolute atomic E-state index is 0.220. The monoisotopic (exact) mass is 332 g/mol. The summed E-state index contributed by atoms with van der Waals surface area (Å²) in [5, 5.41) is 0. The molecule has 0 atom stereocenters. The van der Waals surface area contributed by atoms with Gasteiger partial charge in [0.1, 0.15) is 0 Å². The van der Waals surface area contributed by atoms with Gasteiger partial charge in [-0.2, -0.15) is 0 Å². The zero-order valence-electron chi connectivity index (χ0n) is 9.30. The van der Waals surface area contributed by atoms with Crippen LogP contribution in [0.1, 0.15) is 10.4 Å². The van der Waals surface area contributed by atoms with Crippen LogP contribution in [0.25, 0.3) is 0 Å². The molecule has 2 aromatic rings. The molecule has 2 nitrogen and oxygen atoms in total. The Hall–Kier alpha value is -1.29. The van der Waals surface area contributed by atoms with Crippen LogP contribution in [0.15, 0.2) is 60.7 Å². The van der Waals surface area contributed by atoms with Gasteiger partial charge < -0.3 is 0 Å². The first kappa shape index (κ1) is 12.2. The number of hydrogen-bond donors (Lipinski definition) is 0. The number of ether oxygens (including phenoxy) is 1. The van der Waals surface area contributed by atoms with Crippen molar-refractivity contribution in [2.45, 2.75) is 0 Å². The van der Waals surface area contributed by atoms with Gasteiger partial charge in [-0.15, -0.1) is 0 Å². The third-order valence-electron chi connectivity index (χ3n) is 2.26. The molecule has 0 bridgehead atoms. The van der Waals surface area contributed by atoms with Crippen molar-refractivity contribution in [2.75, 3.05) is 4.62 Å². The standard InChI is InChI=1S/C8H7O2.C6H5.Sn/c1-10-8(9)7-5-3-2-4-6-7;1-2-4-6-5-3-1;/h2-6H,1H2;1-5H;. The van der Waals surface area contributed by atoms with Crippen LogP contribution in [0.5, 0.6) is 0 Å². The maximum absolute atomic E-state index is 11.6. The molecule has 2 rings (SSSR count). The molecule has 84 valence electrons. The van der Waals surface area contributed by atoms with Gasteiger partial charge in [0.15, 0.2) is 0 Å². The van der Waals surface area contributed by atoms with Gasteiger partial charge in [-0.05, 0) is 0 Å². The van der Waals surface area contributed by atoms with Crippen molar-refractivity contribution in [1.82, 2.24) is 0 Å². The first-order valence-electron chi connectivity index (χ1n) is 5.37. The van der Waals surface area contributed by atoms with Crippen molar-refractivity contribution in [2.24, 2.45) is 0 Å². The molecule has 17 heavy (non-hydrogen) atoms. The second-order valence-corrected chi connectivity index (χ2v) is 6.97. The van der Waals surface area contributed by atoms with Crippen LogP contribution in [0.4, 0.5) is 0 Å². The van der Waals surface area contributed by atoms with Crippen molar-refractivity contribution in [1.29, 1.82) is 0 Å². The molecule has 0 heterocycles. The van der Waals surface area contributed by atoms with Gasteiger partial charge in [0.2, 0.25) is 0 Å². The molecule has 2 aromatic carbocycles. The molecule has 0 N–H and O–H groups in total. The first-order chi connectivity index (χ1) is 8.36. The summed E-state index contributed by atoms with van der Waals surface area (Å²) in [6.45, 7) is 0. The van der Waals surface area contributed by atoms with Crippen molar-refractivity contribution < 1.29 is 9.53 Å². The second kappa shape index (κ2) is 6.45. The average Bonchev–Trinajstić information content (AvgIpc) is 2.41. The van der Waals surface area contributed by atoms with E-state index in [9.17, 15) is 4.79 Å². The van der Waals surface area contributed by atoms with Crippen LogP contribution in [-0.4, -0.2) is 31.7 Å². The van der Waals surface area contributed by atoms with Crippen molar-refractivity contribution >= 4 is 30.7 Å². The normalized spacial score (nSPS) is 9.88. The van der Waals surface area contributed by atoms with Crippen molar-refractivity contribution in [3.05, 3.63) is 66.2 Å². The van der Waals surface area contributed by atoms with E-state index in [1.54, 1.807) is 12.1 Å². The number of benzene rings is 2. The minimum atomic E-state index is -0.783. The molecule has 0 aromatic heterocycles. The number of carbonyl (C=O) groups is 1. The molecule has 0 aliphatic rings. The Bertz CT molecular complexity index is 468. The summed E-state index contributed by atoms with van der Waals surface area (Å²) in [6, 6.07) is 19.4. The van der Waals surface area contributed by atoms with Gasteiger partial charge in [-0.25, -0.2) is 0 Å². The third-order valence-corrected chi connectivity index (χ3v) is 5.20. The molecule has 0 fully saturated rings. The SMILES string of the molecule is O=C(O[CH2][Sn][c]1ccccc1)c1ccccc1. The van der Waals surface area contributed by atoms with Crippen LogP contribution in [-0.2, 0) is 4.74 Å². The van der Waals surface area contributed by atoms with Crippen molar-refractivity contribution in [3.8, 4) is 0 Å². The van der Waals surface area contributed by atoms with Crippen LogP contribution in [0.3, 0.4) is 0 Å². The van der Waals surface area contributed by atoms with E-state index >= 15 is 0 Å². The molecule has 0 unspecified atom stereocenters. The van der Waals surface area contributed by atoms with Gasteiger partial charge in [-0.3, -0.25) is 0 Å². The average molecular weight is 331 g/mol. The zero-order chi connectivity index (χ0) is 11.9. The van der Waals surface area contributed by atoms with Gasteiger partial charge in [0.25, 0.3) is 0 Å². The Morgan fingerprint density at radius 1 is 0.941 bits per heavy atom. The van der Waals surface area contributed by atoms with E-state index in [4.69, 9.17) is 4.74 Å². The molecule has 2 radical (unpaired) electrons. The summed E-state index contributed by atoms with van der Waals surface area (Å²) in [4.78, 5) is 11.6. The van der Waals surface area contributed by atoms with E-state index in [0.29, 0.717) is 10.2 Å². The third kappa shape index (κ3) is 3.89. The topological polar surface area (TPSA) is 26.3 Å². The molecule has 0 spiro atoms. The van der Waals surface area contributed by atoms with Crippen LogP contribution in [0, 0.1) is 0 Å². The molecule has 0 saturated carbocycles. The Balaban J connectivity index is 1.82. The summed E-state index contributed by atoms with van der Waals surface area (Å²) in [6.07, 6.45) is 0. The van der Waals surface area contributed by atoms with Crippen molar-refractivity contribution in [3.63, 3.8) is 0 Å². The Morgan fingerprint density at radius 3 is 2.18 bits per heavy atom. The van der Waals surface area contributed by atoms with Crippen LogP contribution in [0.2, 0.25) is 0 Å². The molecule has 0 aliphatic carbocycles. The van der Waals surface area contributed by atoms with Crippen LogP contribution >= 0.6 is 0 Å². The maximum atomic E-state index is 11.6. The van der Waals surface area contributed by atoms with Crippen LogP contribution < -0.4 is 3.58 Å². The fraction of sp³-hybridized carbons (Fsp3) is 0.0714. The van der Waals surface area contributed by atoms with E-state index in [2.05, 4.69) is 12.1 Å². The van der Waals surface area contributed by atoms with E-state index < -0.39 is 21.1 Å². The Morgan fingerprint density at radius 2 is 1.53 bits per heavy atom. The van der Waals surface area contributed by atoms with Gasteiger partial charge in [0, 0.05) is 0 Å². The fourth-order valence-electron chi connectivity index (χ4n) is 1.40. The Labute approximate surface area is 111 Å². The van der Waals surface area contributed by atoms with E-state index in [-0.39, 0.29) is 5.97 Å². The number of carbonyl (C=O) groups excluding carboxylic acids is 1. The zero-order valence-corrected chi connectivity index (χ0v) is 12.2. The summed E-state index contributed by atoms with van der Waals surface area (Å²) in [7, 11) is 0. The Kier molecular flexibility index (Phi) is 4.62. The van der Waals surface area contributed by atoms with Gasteiger partial charge in [0.05, 0.1) is 0 Å². The molecule has 3 heteroatoms. The molecule has 0 aliphatic heterocycles. The first-order valence-corrected chi connectivity index (χ1v) is 8.82. The summed E-state index contributed by atoms with van der Waals surface area (Å²) in [5.74, 6) is -0.220. The van der Waals surface area contributed by atoms with E-state index in [0.717, 1.165) is 0 Å². The van der Waals surface area contributed by atoms with E-state index in [1.165, 1.54) is 3.58 Å².